The van der Waals surface area contributed by atoms with Gasteiger partial charge >= 0.3 is 0 Å². The third kappa shape index (κ3) is 3.34. The molecule has 3 N–H and O–H groups in total. The van der Waals surface area contributed by atoms with E-state index in [1.807, 2.05) is 0 Å². The highest BCUT2D eigenvalue weighted by Crippen LogP contribution is 2.29. The number of anilines is 2. The molecule has 1 amide bonds. The van der Waals surface area contributed by atoms with Gasteiger partial charge in [0, 0.05) is 27.9 Å². The Morgan fingerprint density at radius 2 is 1.67 bits per heavy atom. The lowest BCUT2D eigenvalue weighted by Gasteiger charge is -2.18. The first-order valence-corrected chi connectivity index (χ1v) is 9.67. The van der Waals surface area contributed by atoms with Crippen LogP contribution in [0.25, 0.3) is 0 Å². The fourth-order valence-electron chi connectivity index (χ4n) is 2.78. The maximum atomic E-state index is 12.7. The summed E-state index contributed by atoms with van der Waals surface area (Å²) in [7, 11) is 0. The van der Waals surface area contributed by atoms with Crippen molar-refractivity contribution in [1.82, 2.24) is 10.2 Å². The number of carbonyl (C=O) groups excluding carboxylic acids is 3. The lowest BCUT2D eigenvalue weighted by atomic mass is 9.84. The molecular weight excluding hydrogens is 384 g/mol. The molecule has 0 radical (unpaired) electrons. The number of thioether (sulfide) groups is 1. The molecule has 0 fully saturated rings. The summed E-state index contributed by atoms with van der Waals surface area (Å²) >= 11 is 2.43. The number of nitrogens with one attached hydrogen (secondary N) is 1. The van der Waals surface area contributed by atoms with Crippen molar-refractivity contribution < 1.29 is 14.4 Å². The summed E-state index contributed by atoms with van der Waals surface area (Å²) in [6.45, 7) is 0. The minimum absolute atomic E-state index is 0.126. The molecule has 3 aromatic rings. The molecule has 0 aliphatic heterocycles. The Kier molecular flexibility index (Phi) is 4.46. The number of carbonyl (C=O) groups is 3. The number of hydrogen-bond acceptors (Lipinski definition) is 8. The lowest BCUT2D eigenvalue weighted by Crippen LogP contribution is -2.21. The molecule has 9 heteroatoms. The first-order valence-electron chi connectivity index (χ1n) is 7.87. The van der Waals surface area contributed by atoms with Crippen LogP contribution in [0.2, 0.25) is 0 Å². The first kappa shape index (κ1) is 17.4. The Morgan fingerprint density at radius 3 is 2.33 bits per heavy atom. The van der Waals surface area contributed by atoms with Crippen LogP contribution in [0.4, 0.5) is 10.8 Å². The molecule has 0 saturated carbocycles. The number of aromatic nitrogens is 2. The summed E-state index contributed by atoms with van der Waals surface area (Å²) in [6.07, 6.45) is 0. The minimum atomic E-state index is -0.260. The zero-order valence-electron chi connectivity index (χ0n) is 13.8. The second-order valence-corrected chi connectivity index (χ2v) is 7.94. The van der Waals surface area contributed by atoms with Crippen molar-refractivity contribution in [3.05, 3.63) is 64.7 Å². The van der Waals surface area contributed by atoms with Crippen molar-refractivity contribution in [2.45, 2.75) is 4.34 Å². The fraction of sp³-hybridized carbons (Fsp3) is 0.0556. The summed E-state index contributed by atoms with van der Waals surface area (Å²) in [5, 5.41) is 10.6. The number of benzene rings is 2. The Bertz CT molecular complexity index is 1090. The van der Waals surface area contributed by atoms with E-state index in [4.69, 9.17) is 5.73 Å². The van der Waals surface area contributed by atoms with Gasteiger partial charge in [-0.1, -0.05) is 47.4 Å². The number of fused-ring (bicyclic) bond motifs is 2. The molecule has 0 spiro atoms. The van der Waals surface area contributed by atoms with Gasteiger partial charge in [-0.25, -0.2) is 0 Å². The minimum Gasteiger partial charge on any atom is -0.374 e. The monoisotopic (exact) mass is 396 g/mol. The van der Waals surface area contributed by atoms with Crippen molar-refractivity contribution in [1.29, 1.82) is 0 Å². The third-order valence-corrected chi connectivity index (χ3v) is 5.84. The van der Waals surface area contributed by atoms with E-state index < -0.39 is 0 Å². The van der Waals surface area contributed by atoms with E-state index in [1.54, 1.807) is 36.4 Å². The molecule has 4 rings (SSSR count). The Labute approximate surface area is 162 Å². The second-order valence-electron chi connectivity index (χ2n) is 5.71. The van der Waals surface area contributed by atoms with Crippen molar-refractivity contribution in [2.75, 3.05) is 16.8 Å². The highest BCUT2D eigenvalue weighted by molar-refractivity contribution is 8.01. The van der Waals surface area contributed by atoms with E-state index in [0.29, 0.717) is 37.4 Å². The maximum absolute atomic E-state index is 12.7. The van der Waals surface area contributed by atoms with Gasteiger partial charge in [0.2, 0.25) is 11.0 Å². The lowest BCUT2D eigenvalue weighted by molar-refractivity contribution is -0.113. The van der Waals surface area contributed by atoms with E-state index in [1.165, 1.54) is 29.2 Å². The maximum Gasteiger partial charge on any atom is 0.234 e. The molecule has 7 nitrogen and oxygen atoms in total. The van der Waals surface area contributed by atoms with E-state index in [-0.39, 0.29) is 23.2 Å². The number of ketones is 2. The Morgan fingerprint density at radius 1 is 1.00 bits per heavy atom. The van der Waals surface area contributed by atoms with Crippen LogP contribution in [0, 0.1) is 0 Å². The number of amides is 1. The topological polar surface area (TPSA) is 115 Å². The molecule has 1 aliphatic carbocycles. The summed E-state index contributed by atoms with van der Waals surface area (Å²) in [5.41, 5.74) is 7.37. The summed E-state index contributed by atoms with van der Waals surface area (Å²) < 4.78 is 0.602. The first-order chi connectivity index (χ1) is 13.0. The predicted molar refractivity (Wildman–Crippen MR) is 103 cm³/mol. The Hall–Kier alpha value is -3.04. The van der Waals surface area contributed by atoms with Gasteiger partial charge in [-0.3, -0.25) is 14.4 Å². The summed E-state index contributed by atoms with van der Waals surface area (Å²) in [4.78, 5) is 37.4. The van der Waals surface area contributed by atoms with Crippen LogP contribution >= 0.6 is 23.1 Å². The largest absolute Gasteiger partial charge is 0.374 e. The van der Waals surface area contributed by atoms with Crippen LogP contribution in [0.15, 0.2) is 46.8 Å². The van der Waals surface area contributed by atoms with Crippen molar-refractivity contribution in [3.8, 4) is 0 Å². The molecule has 134 valence electrons. The Balaban J connectivity index is 1.52. The van der Waals surface area contributed by atoms with Crippen LogP contribution in [-0.4, -0.2) is 33.4 Å². The summed E-state index contributed by atoms with van der Waals surface area (Å²) in [5.74, 6) is -0.553. The van der Waals surface area contributed by atoms with Gasteiger partial charge < -0.3 is 11.1 Å². The van der Waals surface area contributed by atoms with Gasteiger partial charge in [0.25, 0.3) is 0 Å². The van der Waals surface area contributed by atoms with Gasteiger partial charge in [0.1, 0.15) is 0 Å². The number of nitrogen functional groups attached to an aromatic ring is 1. The molecule has 27 heavy (non-hydrogen) atoms. The smallest absolute Gasteiger partial charge is 0.234 e. The number of hydrogen-bond donors (Lipinski definition) is 2. The quantitative estimate of drug-likeness (QED) is 0.510. The molecule has 1 heterocycles. The molecule has 0 unspecified atom stereocenters. The van der Waals surface area contributed by atoms with Gasteiger partial charge in [0.05, 0.1) is 5.75 Å². The zero-order valence-corrected chi connectivity index (χ0v) is 15.4. The SMILES string of the molecule is Nc1nnc(SCC(=O)Nc2ccc3c(c2)C(=O)c2ccccc2C3=O)s1. The molecule has 0 atom stereocenters. The molecule has 0 bridgehead atoms. The fourth-order valence-corrected chi connectivity index (χ4v) is 4.22. The van der Waals surface area contributed by atoms with Crippen molar-refractivity contribution in [3.63, 3.8) is 0 Å². The van der Waals surface area contributed by atoms with Gasteiger partial charge in [0.15, 0.2) is 15.9 Å². The normalized spacial score (nSPS) is 12.4. The zero-order chi connectivity index (χ0) is 19.0. The molecule has 2 aromatic carbocycles. The van der Waals surface area contributed by atoms with Crippen LogP contribution in [0.3, 0.4) is 0 Å². The van der Waals surface area contributed by atoms with Crippen LogP contribution in [0.1, 0.15) is 31.8 Å². The molecular formula is C18H12N4O3S2. The second kappa shape index (κ2) is 6.93. The summed E-state index contributed by atoms with van der Waals surface area (Å²) in [6, 6.07) is 11.4. The predicted octanol–water partition coefficient (Wildman–Crippen LogP) is 2.63. The van der Waals surface area contributed by atoms with Gasteiger partial charge in [-0.05, 0) is 18.2 Å². The number of nitrogens with zero attached hydrogens (tertiary/aromatic N) is 2. The highest BCUT2D eigenvalue weighted by atomic mass is 32.2. The van der Waals surface area contributed by atoms with Gasteiger partial charge in [-0.15, -0.1) is 10.2 Å². The molecule has 0 saturated heterocycles. The van der Waals surface area contributed by atoms with Crippen LogP contribution in [0.5, 0.6) is 0 Å². The van der Waals surface area contributed by atoms with Crippen molar-refractivity contribution >= 4 is 51.4 Å². The van der Waals surface area contributed by atoms with Crippen LogP contribution in [-0.2, 0) is 4.79 Å². The number of rotatable bonds is 4. The highest BCUT2D eigenvalue weighted by Gasteiger charge is 2.29. The van der Waals surface area contributed by atoms with E-state index >= 15 is 0 Å². The van der Waals surface area contributed by atoms with E-state index in [0.717, 1.165) is 0 Å². The molecule has 1 aliphatic rings. The third-order valence-electron chi connectivity index (χ3n) is 3.96. The van der Waals surface area contributed by atoms with E-state index in [2.05, 4.69) is 15.5 Å². The van der Waals surface area contributed by atoms with Gasteiger partial charge in [-0.2, -0.15) is 0 Å². The van der Waals surface area contributed by atoms with Crippen LogP contribution < -0.4 is 11.1 Å². The van der Waals surface area contributed by atoms with Crippen molar-refractivity contribution in [2.24, 2.45) is 0 Å². The average Bonchev–Trinajstić information content (AvgIpc) is 3.10. The number of nitrogens with two attached hydrogens (primary N) is 1. The average molecular weight is 396 g/mol. The standard InChI is InChI=1S/C18H12N4O3S2/c19-17-21-22-18(27-17)26-8-14(23)20-9-5-6-12-13(7-9)16(25)11-4-2-1-3-10(11)15(12)24/h1-7H,8H2,(H2,19,21)(H,20,23). The molecule has 1 aromatic heterocycles. The van der Waals surface area contributed by atoms with E-state index in [9.17, 15) is 14.4 Å².